The van der Waals surface area contributed by atoms with Gasteiger partial charge < -0.3 is 0 Å². The van der Waals surface area contributed by atoms with Crippen molar-refractivity contribution in [2.45, 2.75) is 53.0 Å². The molecule has 0 heterocycles. The van der Waals surface area contributed by atoms with E-state index in [0.717, 1.165) is 0 Å². The van der Waals surface area contributed by atoms with Crippen LogP contribution < -0.4 is 0 Å². The second-order valence-corrected chi connectivity index (χ2v) is 5.54. The van der Waals surface area contributed by atoms with E-state index in [4.69, 9.17) is 0 Å². The van der Waals surface area contributed by atoms with Crippen LogP contribution in [0.2, 0.25) is 0 Å². The highest BCUT2D eigenvalue weighted by atomic mass is 35.5. The molecule has 29 heavy (non-hydrogen) atoms. The van der Waals surface area contributed by atoms with Gasteiger partial charge in [-0.25, -0.2) is 4.39 Å². The average Bonchev–Trinajstić information content (AvgIpc) is 2.43. The van der Waals surface area contributed by atoms with Crippen molar-refractivity contribution in [1.29, 1.82) is 0 Å². The summed E-state index contributed by atoms with van der Waals surface area (Å²) in [7, 11) is 0. The summed E-state index contributed by atoms with van der Waals surface area (Å²) >= 11 is 3.27. The predicted molar refractivity (Wildman–Crippen MR) is 51.5 cm³/mol. The summed E-state index contributed by atoms with van der Waals surface area (Å²) in [5.74, 6) is -50.5. The summed E-state index contributed by atoms with van der Waals surface area (Å²) in [6, 6.07) is 0. The van der Waals surface area contributed by atoms with Gasteiger partial charge in [-0.05, 0) is 0 Å². The lowest BCUT2D eigenvalue weighted by Crippen LogP contribution is -2.75. The Balaban J connectivity index is 6.82. The lowest BCUT2D eigenvalue weighted by molar-refractivity contribution is -0.442. The van der Waals surface area contributed by atoms with Crippen molar-refractivity contribution in [2.75, 3.05) is 0 Å². The molecule has 0 spiro atoms. The number of halogens is 20. The van der Waals surface area contributed by atoms with E-state index >= 15 is 0 Å². The molecule has 0 aromatic heterocycles. The second kappa shape index (κ2) is 6.48. The largest absolute Gasteiger partial charge is 0.460 e. The molecule has 0 aliphatic heterocycles. The van der Waals surface area contributed by atoms with Crippen LogP contribution in [0.15, 0.2) is 0 Å². The monoisotopic (exact) mass is 504 g/mol. The Morgan fingerprint density at radius 2 is 0.448 bits per heavy atom. The molecule has 0 amide bonds. The van der Waals surface area contributed by atoms with Crippen LogP contribution in [0.1, 0.15) is 0 Å². The Morgan fingerprint density at radius 3 is 0.586 bits per heavy atom. The summed E-state index contributed by atoms with van der Waals surface area (Å²) in [6.07, 6.45) is -15.6. The van der Waals surface area contributed by atoms with Crippen molar-refractivity contribution in [3.05, 3.63) is 0 Å². The first-order chi connectivity index (χ1) is 12.0. The number of hydrogen-bond donors (Lipinski definition) is 0. The van der Waals surface area contributed by atoms with Gasteiger partial charge in [0.1, 0.15) is 0 Å². The SMILES string of the molecule is FC(F)(F)C(F)(F)C(F)(F)C(F)(F)C(F)(Cl)C(F)(F)C(F)(F)C(F)(F)C(F)(F)F. The van der Waals surface area contributed by atoms with E-state index in [1.165, 1.54) is 0 Å². The quantitative estimate of drug-likeness (QED) is 0.275. The maximum atomic E-state index is 13.4. The summed E-state index contributed by atoms with van der Waals surface area (Å²) in [6.45, 7) is 0. The third kappa shape index (κ3) is 3.34. The van der Waals surface area contributed by atoms with Crippen LogP contribution in [0.3, 0.4) is 0 Å². The lowest BCUT2D eigenvalue weighted by atomic mass is 9.90. The summed E-state index contributed by atoms with van der Waals surface area (Å²) in [5, 5.41) is -8.05. The van der Waals surface area contributed by atoms with Crippen molar-refractivity contribution in [2.24, 2.45) is 0 Å². The zero-order valence-electron chi connectivity index (χ0n) is 12.1. The van der Waals surface area contributed by atoms with E-state index in [2.05, 4.69) is 11.6 Å². The molecule has 176 valence electrons. The van der Waals surface area contributed by atoms with Crippen molar-refractivity contribution in [3.8, 4) is 0 Å². The molecule has 0 saturated carbocycles. The van der Waals surface area contributed by atoms with Crippen molar-refractivity contribution in [1.82, 2.24) is 0 Å². The first kappa shape index (κ1) is 28.0. The van der Waals surface area contributed by atoms with Gasteiger partial charge in [-0.15, -0.1) is 0 Å². The maximum absolute atomic E-state index is 13.4. The van der Waals surface area contributed by atoms with Crippen molar-refractivity contribution >= 4 is 11.6 Å². The zero-order chi connectivity index (χ0) is 24.5. The number of alkyl halides is 20. The molecule has 0 saturated heterocycles. The van der Waals surface area contributed by atoms with Gasteiger partial charge in [0.05, 0.1) is 0 Å². The van der Waals surface area contributed by atoms with E-state index in [1.54, 1.807) is 0 Å². The Kier molecular flexibility index (Phi) is 6.25. The van der Waals surface area contributed by atoms with E-state index in [9.17, 15) is 83.4 Å². The second-order valence-electron chi connectivity index (χ2n) is 5.02. The molecule has 0 atom stereocenters. The van der Waals surface area contributed by atoms with Crippen molar-refractivity contribution < 1.29 is 83.4 Å². The first-order valence-corrected chi connectivity index (χ1v) is 6.16. The van der Waals surface area contributed by atoms with Crippen LogP contribution >= 0.6 is 11.6 Å². The van der Waals surface area contributed by atoms with E-state index < -0.39 is 53.0 Å². The van der Waals surface area contributed by atoms with Crippen LogP contribution in [0, 0.1) is 0 Å². The van der Waals surface area contributed by atoms with E-state index in [0.29, 0.717) is 0 Å². The van der Waals surface area contributed by atoms with Crippen LogP contribution in [0.4, 0.5) is 83.4 Å². The topological polar surface area (TPSA) is 0 Å². The number of rotatable bonds is 6. The highest BCUT2D eigenvalue weighted by Gasteiger charge is 2.95. The summed E-state index contributed by atoms with van der Waals surface area (Å²) < 4.78 is 238. The molecule has 0 fully saturated rings. The van der Waals surface area contributed by atoms with E-state index in [1.807, 2.05) is 0 Å². The van der Waals surface area contributed by atoms with Gasteiger partial charge in [0.2, 0.25) is 0 Å². The van der Waals surface area contributed by atoms with Gasteiger partial charge in [-0.3, -0.25) is 0 Å². The highest BCUT2D eigenvalue weighted by molar-refractivity contribution is 6.24. The molecule has 0 bridgehead atoms. The van der Waals surface area contributed by atoms with Gasteiger partial charge in [0, 0.05) is 0 Å². The highest BCUT2D eigenvalue weighted by Crippen LogP contribution is 2.65. The fraction of sp³-hybridized carbons (Fsp3) is 1.00. The van der Waals surface area contributed by atoms with Gasteiger partial charge in [-0.1, -0.05) is 11.6 Å². The number of hydrogen-bond acceptors (Lipinski definition) is 0. The Bertz CT molecular complexity index is 554. The summed E-state index contributed by atoms with van der Waals surface area (Å²) in [5.41, 5.74) is 0. The zero-order valence-corrected chi connectivity index (χ0v) is 12.8. The molecular formula is C9ClF19. The van der Waals surface area contributed by atoms with Crippen LogP contribution in [-0.4, -0.2) is 53.0 Å². The standard InChI is InChI=1S/C9ClF19/c10-1(11,2(12,13)4(16,17)6(20,21)8(24,25)26)3(14,15)5(18,19)7(22,23)9(27,28)29. The molecule has 0 aromatic carbocycles. The molecule has 0 nitrogen and oxygen atoms in total. The molecule has 0 N–H and O–H groups in total. The molecule has 0 rings (SSSR count). The molecule has 0 aliphatic rings. The predicted octanol–water partition coefficient (Wildman–Crippen LogP) is 6.83. The summed E-state index contributed by atoms with van der Waals surface area (Å²) in [4.78, 5) is 0. The van der Waals surface area contributed by atoms with Gasteiger partial charge in [0.15, 0.2) is 0 Å². The molecule has 0 unspecified atom stereocenters. The van der Waals surface area contributed by atoms with Crippen molar-refractivity contribution in [3.63, 3.8) is 0 Å². The Labute approximate surface area is 149 Å². The third-order valence-electron chi connectivity index (χ3n) is 3.08. The Hall–Kier alpha value is -1.04. The maximum Gasteiger partial charge on any atom is 0.460 e. The van der Waals surface area contributed by atoms with Gasteiger partial charge in [-0.2, -0.15) is 79.0 Å². The van der Waals surface area contributed by atoms with Crippen LogP contribution in [0.25, 0.3) is 0 Å². The lowest BCUT2D eigenvalue weighted by Gasteiger charge is -2.43. The fourth-order valence-electron chi connectivity index (χ4n) is 1.34. The first-order valence-electron chi connectivity index (χ1n) is 5.78. The minimum Gasteiger partial charge on any atom is -0.212 e. The minimum absolute atomic E-state index is 3.27. The van der Waals surface area contributed by atoms with Gasteiger partial charge in [0.25, 0.3) is 0 Å². The smallest absolute Gasteiger partial charge is 0.212 e. The molecule has 20 heteroatoms. The van der Waals surface area contributed by atoms with Crippen LogP contribution in [0.5, 0.6) is 0 Å². The Morgan fingerprint density at radius 1 is 0.276 bits per heavy atom. The molecular weight excluding hydrogens is 505 g/mol. The average molecular weight is 505 g/mol. The van der Waals surface area contributed by atoms with E-state index in [-0.39, 0.29) is 0 Å². The fourth-order valence-corrected chi connectivity index (χ4v) is 1.58. The van der Waals surface area contributed by atoms with Gasteiger partial charge >= 0.3 is 53.0 Å². The third-order valence-corrected chi connectivity index (χ3v) is 3.55. The normalized spacial score (nSPS) is 17.0. The van der Waals surface area contributed by atoms with Crippen LogP contribution in [-0.2, 0) is 0 Å². The molecule has 0 radical (unpaired) electrons. The minimum atomic E-state index is -8.52. The molecule has 0 aromatic rings. The molecule has 0 aliphatic carbocycles.